The minimum atomic E-state index is -1.08. The van der Waals surface area contributed by atoms with Crippen molar-refractivity contribution in [2.24, 2.45) is 33.6 Å². The zero-order chi connectivity index (χ0) is 29.9. The van der Waals surface area contributed by atoms with Gasteiger partial charge in [-0.1, -0.05) is 6.92 Å². The summed E-state index contributed by atoms with van der Waals surface area (Å²) in [4.78, 5) is 16.5. The Morgan fingerprint density at radius 3 is 2.62 bits per heavy atom. The zero-order valence-corrected chi connectivity index (χ0v) is 25.2. The van der Waals surface area contributed by atoms with Gasteiger partial charge >= 0.3 is 5.97 Å². The van der Waals surface area contributed by atoms with Gasteiger partial charge in [0.2, 0.25) is 0 Å². The molecule has 0 aromatic rings. The molecule has 12 atom stereocenters. The molecule has 5 fully saturated rings. The van der Waals surface area contributed by atoms with Crippen molar-refractivity contribution >= 4 is 12.2 Å². The second-order valence-corrected chi connectivity index (χ2v) is 14.2. The summed E-state index contributed by atoms with van der Waals surface area (Å²) in [5.41, 5.74) is -2.00. The maximum Gasteiger partial charge on any atom is 0.331 e. The van der Waals surface area contributed by atoms with Gasteiger partial charge in [0.1, 0.15) is 12.7 Å². The lowest BCUT2D eigenvalue weighted by atomic mass is 9.41. The van der Waals surface area contributed by atoms with Gasteiger partial charge in [-0.05, 0) is 81.6 Å². The number of hydrogen-bond donors (Lipinski definition) is 4. The number of ether oxygens (including phenoxy) is 4. The van der Waals surface area contributed by atoms with E-state index in [9.17, 15) is 25.2 Å². The van der Waals surface area contributed by atoms with Crippen molar-refractivity contribution in [2.75, 3.05) is 26.9 Å². The van der Waals surface area contributed by atoms with Gasteiger partial charge in [0.15, 0.2) is 6.29 Å². The first-order chi connectivity index (χ1) is 20.0. The summed E-state index contributed by atoms with van der Waals surface area (Å²) in [7, 11) is 1.58. The van der Waals surface area contributed by atoms with E-state index in [1.54, 1.807) is 13.2 Å². The molecule has 236 valence electrons. The number of rotatable bonds is 7. The molecule has 2 aliphatic heterocycles. The fraction of sp³-hybridized carbons (Fsp3) is 0.875. The van der Waals surface area contributed by atoms with Crippen LogP contribution in [0.4, 0.5) is 0 Å². The quantitative estimate of drug-likeness (QED) is 0.199. The number of nitrogens with zero attached hydrogens (tertiary/aromatic N) is 1. The fourth-order valence-electron chi connectivity index (χ4n) is 10.3. The average Bonchev–Trinajstić information content (AvgIpc) is 3.50. The summed E-state index contributed by atoms with van der Waals surface area (Å²) in [5.74, 6) is -0.165. The Bertz CT molecular complexity index is 1100. The largest absolute Gasteiger partial charge is 0.458 e. The van der Waals surface area contributed by atoms with Crippen molar-refractivity contribution in [1.29, 1.82) is 0 Å². The van der Waals surface area contributed by atoms with Crippen molar-refractivity contribution < 1.29 is 44.2 Å². The molecule has 2 heterocycles. The highest BCUT2D eigenvalue weighted by atomic mass is 16.7. The number of aliphatic hydroxyl groups excluding tert-OH is 2. The van der Waals surface area contributed by atoms with Crippen LogP contribution >= 0.6 is 0 Å². The Morgan fingerprint density at radius 1 is 1.12 bits per heavy atom. The number of methoxy groups -OCH3 is 1. The van der Waals surface area contributed by atoms with Crippen LogP contribution in [-0.2, 0) is 23.7 Å². The Morgan fingerprint density at radius 2 is 1.90 bits per heavy atom. The second kappa shape index (κ2) is 11.2. The molecular formula is C32H49NO9. The van der Waals surface area contributed by atoms with E-state index in [2.05, 4.69) is 11.9 Å². The lowest BCUT2D eigenvalue weighted by Crippen LogP contribution is -2.69. The van der Waals surface area contributed by atoms with Gasteiger partial charge in [0.25, 0.3) is 0 Å². The van der Waals surface area contributed by atoms with E-state index < -0.39 is 35.1 Å². The van der Waals surface area contributed by atoms with E-state index >= 15 is 0 Å². The molecule has 8 unspecified atom stereocenters. The SMILES string of the molecule is COC1CC(OC2CC[C@]3(C=NCCO)[C@H]4CC[C@]5(C)[C@H](C6=CC(=O)OC6)CCC5(O)C4CCC3(O)C2)OC(C)C1O. The highest BCUT2D eigenvalue weighted by molar-refractivity contribution is 5.85. The lowest BCUT2D eigenvalue weighted by molar-refractivity contribution is -0.284. The molecule has 4 N–H and O–H groups in total. The number of carbonyl (C=O) groups excluding carboxylic acids is 1. The predicted octanol–water partition coefficient (Wildman–Crippen LogP) is 2.30. The Hall–Kier alpha value is -1.40. The number of hydrogen-bond acceptors (Lipinski definition) is 10. The normalized spacial score (nSPS) is 50.6. The van der Waals surface area contributed by atoms with Crippen LogP contribution in [0.1, 0.15) is 78.1 Å². The van der Waals surface area contributed by atoms with Crippen molar-refractivity contribution in [3.8, 4) is 0 Å². The summed E-state index contributed by atoms with van der Waals surface area (Å²) < 4.78 is 23.1. The molecule has 4 aliphatic carbocycles. The minimum absolute atomic E-state index is 0.00957. The standard InChI is InChI=1S/C32H49NO9/c1-19-28(36)25(39-3)15-27(41-19)42-21-4-9-30(18-33-12-13-34)23-5-8-29(2)22(20-14-26(35)40-17-20)7-11-32(29,38)24(23)6-10-31(30,37)16-21/h14,18-19,21-25,27-28,34,36-38H,4-13,15-17H2,1-3H3/t19?,21?,22-,23-,24?,25?,27?,28?,29+,30-,31?,32?/m0/s1. The monoisotopic (exact) mass is 591 g/mol. The van der Waals surface area contributed by atoms with Crippen molar-refractivity contribution in [3.63, 3.8) is 0 Å². The average molecular weight is 592 g/mol. The molecule has 0 aromatic carbocycles. The smallest absolute Gasteiger partial charge is 0.331 e. The Labute approximate surface area is 248 Å². The van der Waals surface area contributed by atoms with E-state index in [1.165, 1.54) is 0 Å². The summed E-state index contributed by atoms with van der Waals surface area (Å²) in [6.45, 7) is 4.53. The first kappa shape index (κ1) is 30.6. The maximum absolute atomic E-state index is 12.6. The van der Waals surface area contributed by atoms with Gasteiger partial charge in [-0.3, -0.25) is 4.99 Å². The van der Waals surface area contributed by atoms with E-state index in [-0.39, 0.29) is 54.5 Å². The number of carbonyl (C=O) groups is 1. The van der Waals surface area contributed by atoms with Gasteiger partial charge in [-0.2, -0.15) is 0 Å². The first-order valence-electron chi connectivity index (χ1n) is 16.0. The molecule has 0 aromatic heterocycles. The number of esters is 1. The summed E-state index contributed by atoms with van der Waals surface area (Å²) >= 11 is 0. The van der Waals surface area contributed by atoms with Crippen LogP contribution in [0.25, 0.3) is 0 Å². The second-order valence-electron chi connectivity index (χ2n) is 14.2. The number of aliphatic imine (C=N–C) groups is 1. The Kier molecular flexibility index (Phi) is 8.16. The van der Waals surface area contributed by atoms with E-state index in [0.717, 1.165) is 24.8 Å². The zero-order valence-electron chi connectivity index (χ0n) is 25.2. The molecular weight excluding hydrogens is 542 g/mol. The van der Waals surface area contributed by atoms with E-state index in [0.29, 0.717) is 51.6 Å². The highest BCUT2D eigenvalue weighted by Crippen LogP contribution is 2.70. The molecule has 10 nitrogen and oxygen atoms in total. The first-order valence-corrected chi connectivity index (χ1v) is 16.0. The van der Waals surface area contributed by atoms with E-state index in [4.69, 9.17) is 18.9 Å². The third-order valence-electron chi connectivity index (χ3n) is 12.5. The molecule has 0 spiro atoms. The predicted molar refractivity (Wildman–Crippen MR) is 153 cm³/mol. The molecule has 1 saturated heterocycles. The van der Waals surface area contributed by atoms with Gasteiger partial charge in [0, 0.05) is 43.1 Å². The van der Waals surface area contributed by atoms with Crippen LogP contribution in [0.2, 0.25) is 0 Å². The molecule has 0 radical (unpaired) electrons. The van der Waals surface area contributed by atoms with Gasteiger partial charge in [-0.25, -0.2) is 4.79 Å². The van der Waals surface area contributed by atoms with Crippen molar-refractivity contribution in [1.82, 2.24) is 0 Å². The summed E-state index contributed by atoms with van der Waals surface area (Å²) in [6, 6.07) is 0. The molecule has 0 amide bonds. The van der Waals surface area contributed by atoms with Crippen LogP contribution in [0.5, 0.6) is 0 Å². The minimum Gasteiger partial charge on any atom is -0.458 e. The molecule has 42 heavy (non-hydrogen) atoms. The number of aliphatic hydroxyl groups is 4. The summed E-state index contributed by atoms with van der Waals surface area (Å²) in [5, 5.41) is 45.0. The maximum atomic E-state index is 12.6. The molecule has 4 saturated carbocycles. The van der Waals surface area contributed by atoms with Crippen molar-refractivity contribution in [2.45, 2.75) is 120 Å². The van der Waals surface area contributed by atoms with Crippen LogP contribution in [0.15, 0.2) is 16.6 Å². The highest BCUT2D eigenvalue weighted by Gasteiger charge is 2.71. The summed E-state index contributed by atoms with van der Waals surface area (Å²) in [6.07, 6.45) is 7.86. The molecule has 0 bridgehead atoms. The van der Waals surface area contributed by atoms with Crippen LogP contribution in [0, 0.1) is 28.6 Å². The molecule has 6 aliphatic rings. The van der Waals surface area contributed by atoms with Gasteiger partial charge < -0.3 is 39.4 Å². The number of cyclic esters (lactones) is 1. The van der Waals surface area contributed by atoms with Crippen LogP contribution < -0.4 is 0 Å². The van der Waals surface area contributed by atoms with Gasteiger partial charge in [0.05, 0.1) is 42.7 Å². The topological polar surface area (TPSA) is 147 Å². The van der Waals surface area contributed by atoms with Crippen LogP contribution in [-0.4, -0.2) is 101 Å². The molecule has 10 heteroatoms. The third-order valence-corrected chi connectivity index (χ3v) is 12.5. The molecule has 6 rings (SSSR count). The Balaban J connectivity index is 1.25. The van der Waals surface area contributed by atoms with Gasteiger partial charge in [-0.15, -0.1) is 0 Å². The fourth-order valence-corrected chi connectivity index (χ4v) is 10.3. The third kappa shape index (κ3) is 4.63. The van der Waals surface area contributed by atoms with Crippen LogP contribution in [0.3, 0.4) is 0 Å². The van der Waals surface area contributed by atoms with Crippen molar-refractivity contribution in [3.05, 3.63) is 11.6 Å². The lowest BCUT2D eigenvalue weighted by Gasteiger charge is -2.66. The number of fused-ring (bicyclic) bond motifs is 5. The van der Waals surface area contributed by atoms with E-state index in [1.807, 2.05) is 13.1 Å².